The van der Waals surface area contributed by atoms with Gasteiger partial charge in [0.2, 0.25) is 0 Å². The predicted octanol–water partition coefficient (Wildman–Crippen LogP) is 2.32. The summed E-state index contributed by atoms with van der Waals surface area (Å²) in [4.78, 5) is 13.8. The van der Waals surface area contributed by atoms with E-state index in [4.69, 9.17) is 10.2 Å². The first-order valence-electron chi connectivity index (χ1n) is 5.74. The van der Waals surface area contributed by atoms with Crippen LogP contribution in [0.2, 0.25) is 0 Å². The number of hydrogen-bond donors (Lipinski definition) is 1. The fraction of sp³-hybridized carbons (Fsp3) is 0.214. The molecule has 94 valence electrons. The van der Waals surface area contributed by atoms with Crippen LogP contribution in [-0.4, -0.2) is 13.0 Å². The first-order valence-corrected chi connectivity index (χ1v) is 5.74. The van der Waals surface area contributed by atoms with Crippen LogP contribution in [-0.2, 0) is 6.54 Å². The van der Waals surface area contributed by atoms with Crippen molar-refractivity contribution in [3.05, 3.63) is 53.5 Å². The maximum atomic E-state index is 12.2. The third-order valence-electron chi connectivity index (χ3n) is 2.82. The van der Waals surface area contributed by atoms with E-state index >= 15 is 0 Å². The van der Waals surface area contributed by atoms with Crippen LogP contribution in [0.25, 0.3) is 0 Å². The lowest BCUT2D eigenvalue weighted by Gasteiger charge is -2.17. The summed E-state index contributed by atoms with van der Waals surface area (Å²) in [7, 11) is 1.74. The standard InChI is InChI=1S/C14H16N2O2/c1-10-6-12(9-18-10)14(17)16(2)13-5-3-4-11(7-13)8-15/h3-7,9H,8,15H2,1-2H3. The zero-order valence-electron chi connectivity index (χ0n) is 10.5. The number of nitrogens with two attached hydrogens (primary N) is 1. The summed E-state index contributed by atoms with van der Waals surface area (Å²) >= 11 is 0. The van der Waals surface area contributed by atoms with Gasteiger partial charge in [0.1, 0.15) is 12.0 Å². The lowest BCUT2D eigenvalue weighted by atomic mass is 10.2. The maximum Gasteiger partial charge on any atom is 0.261 e. The summed E-state index contributed by atoms with van der Waals surface area (Å²) in [5.74, 6) is 0.628. The minimum absolute atomic E-state index is 0.0963. The molecule has 4 heteroatoms. The fourth-order valence-corrected chi connectivity index (χ4v) is 1.76. The summed E-state index contributed by atoms with van der Waals surface area (Å²) in [6, 6.07) is 9.34. The molecule has 0 saturated carbocycles. The molecule has 0 aliphatic heterocycles. The smallest absolute Gasteiger partial charge is 0.261 e. The quantitative estimate of drug-likeness (QED) is 0.901. The van der Waals surface area contributed by atoms with Crippen molar-refractivity contribution in [1.29, 1.82) is 0 Å². The molecule has 2 N–H and O–H groups in total. The van der Waals surface area contributed by atoms with E-state index in [1.165, 1.54) is 6.26 Å². The molecule has 2 aromatic rings. The van der Waals surface area contributed by atoms with Gasteiger partial charge >= 0.3 is 0 Å². The molecule has 4 nitrogen and oxygen atoms in total. The third kappa shape index (κ3) is 2.43. The van der Waals surface area contributed by atoms with Gasteiger partial charge in [0.05, 0.1) is 5.56 Å². The monoisotopic (exact) mass is 244 g/mol. The molecule has 18 heavy (non-hydrogen) atoms. The molecule has 0 aliphatic rings. The van der Waals surface area contributed by atoms with Gasteiger partial charge in [-0.05, 0) is 30.7 Å². The Balaban J connectivity index is 2.25. The lowest BCUT2D eigenvalue weighted by Crippen LogP contribution is -2.25. The van der Waals surface area contributed by atoms with E-state index in [0.29, 0.717) is 12.1 Å². The van der Waals surface area contributed by atoms with Crippen molar-refractivity contribution in [2.24, 2.45) is 5.73 Å². The highest BCUT2D eigenvalue weighted by Gasteiger charge is 2.15. The van der Waals surface area contributed by atoms with Crippen LogP contribution in [0.4, 0.5) is 5.69 Å². The molecular formula is C14H16N2O2. The molecular weight excluding hydrogens is 228 g/mol. The molecule has 0 atom stereocenters. The Hall–Kier alpha value is -2.07. The lowest BCUT2D eigenvalue weighted by molar-refractivity contribution is 0.0992. The van der Waals surface area contributed by atoms with Crippen molar-refractivity contribution in [2.75, 3.05) is 11.9 Å². The summed E-state index contributed by atoms with van der Waals surface area (Å²) in [6.07, 6.45) is 1.47. The second-order valence-corrected chi connectivity index (χ2v) is 4.18. The van der Waals surface area contributed by atoms with E-state index in [9.17, 15) is 4.79 Å². The number of furan rings is 1. The summed E-state index contributed by atoms with van der Waals surface area (Å²) in [6.45, 7) is 2.27. The van der Waals surface area contributed by atoms with Crippen molar-refractivity contribution in [1.82, 2.24) is 0 Å². The molecule has 1 heterocycles. The summed E-state index contributed by atoms with van der Waals surface area (Å²) in [5.41, 5.74) is 7.96. The molecule has 0 radical (unpaired) electrons. The normalized spacial score (nSPS) is 10.4. The molecule has 0 fully saturated rings. The van der Waals surface area contributed by atoms with Gasteiger partial charge in [-0.15, -0.1) is 0 Å². The number of benzene rings is 1. The number of rotatable bonds is 3. The van der Waals surface area contributed by atoms with Gasteiger partial charge in [-0.1, -0.05) is 12.1 Å². The molecule has 1 aromatic heterocycles. The van der Waals surface area contributed by atoms with Gasteiger partial charge in [0.25, 0.3) is 5.91 Å². The number of amides is 1. The molecule has 0 aliphatic carbocycles. The van der Waals surface area contributed by atoms with E-state index in [1.54, 1.807) is 18.0 Å². The first-order chi connectivity index (χ1) is 8.61. The van der Waals surface area contributed by atoms with Gasteiger partial charge in [0, 0.05) is 19.3 Å². The highest BCUT2D eigenvalue weighted by Crippen LogP contribution is 2.18. The molecule has 1 aromatic carbocycles. The van der Waals surface area contributed by atoms with Crippen LogP contribution < -0.4 is 10.6 Å². The Morgan fingerprint density at radius 1 is 1.39 bits per heavy atom. The summed E-state index contributed by atoms with van der Waals surface area (Å²) in [5, 5.41) is 0. The molecule has 1 amide bonds. The second-order valence-electron chi connectivity index (χ2n) is 4.18. The van der Waals surface area contributed by atoms with Gasteiger partial charge < -0.3 is 15.1 Å². The van der Waals surface area contributed by atoms with Crippen LogP contribution >= 0.6 is 0 Å². The molecule has 0 saturated heterocycles. The van der Waals surface area contributed by atoms with Crippen LogP contribution in [0.15, 0.2) is 41.0 Å². The van der Waals surface area contributed by atoms with E-state index in [2.05, 4.69) is 0 Å². The number of anilines is 1. The second kappa shape index (κ2) is 5.06. The minimum Gasteiger partial charge on any atom is -0.469 e. The topological polar surface area (TPSA) is 59.5 Å². The number of aryl methyl sites for hydroxylation is 1. The maximum absolute atomic E-state index is 12.2. The highest BCUT2D eigenvalue weighted by molar-refractivity contribution is 6.05. The average Bonchev–Trinajstić information content (AvgIpc) is 2.83. The van der Waals surface area contributed by atoms with Crippen LogP contribution in [0.1, 0.15) is 21.7 Å². The molecule has 2 rings (SSSR count). The Morgan fingerprint density at radius 3 is 2.78 bits per heavy atom. The van der Waals surface area contributed by atoms with Gasteiger partial charge in [-0.2, -0.15) is 0 Å². The van der Waals surface area contributed by atoms with E-state index in [0.717, 1.165) is 17.0 Å². The first kappa shape index (κ1) is 12.4. The Labute approximate surface area is 106 Å². The molecule has 0 spiro atoms. The largest absolute Gasteiger partial charge is 0.469 e. The number of hydrogen-bond acceptors (Lipinski definition) is 3. The minimum atomic E-state index is -0.0963. The van der Waals surface area contributed by atoms with Crippen LogP contribution in [0.5, 0.6) is 0 Å². The van der Waals surface area contributed by atoms with Crippen molar-refractivity contribution in [3.63, 3.8) is 0 Å². The van der Waals surface area contributed by atoms with Crippen LogP contribution in [0, 0.1) is 6.92 Å². The van der Waals surface area contributed by atoms with Gasteiger partial charge in [-0.3, -0.25) is 4.79 Å². The van der Waals surface area contributed by atoms with Crippen LogP contribution in [0.3, 0.4) is 0 Å². The molecule has 0 bridgehead atoms. The number of carbonyl (C=O) groups is 1. The average molecular weight is 244 g/mol. The van der Waals surface area contributed by atoms with E-state index in [-0.39, 0.29) is 5.91 Å². The zero-order valence-corrected chi connectivity index (χ0v) is 10.5. The van der Waals surface area contributed by atoms with Crippen molar-refractivity contribution < 1.29 is 9.21 Å². The fourth-order valence-electron chi connectivity index (χ4n) is 1.76. The highest BCUT2D eigenvalue weighted by atomic mass is 16.3. The number of carbonyl (C=O) groups excluding carboxylic acids is 1. The van der Waals surface area contributed by atoms with Gasteiger partial charge in [0.15, 0.2) is 0 Å². The molecule has 0 unspecified atom stereocenters. The number of nitrogens with zero attached hydrogens (tertiary/aromatic N) is 1. The Kier molecular flexibility index (Phi) is 3.48. The van der Waals surface area contributed by atoms with Crippen molar-refractivity contribution >= 4 is 11.6 Å². The van der Waals surface area contributed by atoms with E-state index < -0.39 is 0 Å². The SMILES string of the molecule is Cc1cc(C(=O)N(C)c2cccc(CN)c2)co1. The zero-order chi connectivity index (χ0) is 13.1. The van der Waals surface area contributed by atoms with Gasteiger partial charge in [-0.25, -0.2) is 0 Å². The third-order valence-corrected chi connectivity index (χ3v) is 2.82. The van der Waals surface area contributed by atoms with E-state index in [1.807, 2.05) is 31.2 Å². The Morgan fingerprint density at radius 2 is 2.17 bits per heavy atom. The van der Waals surface area contributed by atoms with Crippen molar-refractivity contribution in [3.8, 4) is 0 Å². The summed E-state index contributed by atoms with van der Waals surface area (Å²) < 4.78 is 5.15. The predicted molar refractivity (Wildman–Crippen MR) is 70.5 cm³/mol. The Bertz CT molecular complexity index is 560. The van der Waals surface area contributed by atoms with Crippen molar-refractivity contribution in [2.45, 2.75) is 13.5 Å².